The van der Waals surface area contributed by atoms with Crippen LogP contribution in [-0.4, -0.2) is 15.0 Å². The molecule has 4 heteroatoms. The molecule has 1 nitrogen and oxygen atoms in total. The third kappa shape index (κ3) is 1.88. The Hall–Kier alpha value is 0.280. The highest BCUT2D eigenvalue weighted by Gasteiger charge is 2.54. The first-order chi connectivity index (χ1) is 5.94. The van der Waals surface area contributed by atoms with Gasteiger partial charge in [-0.05, 0) is 19.3 Å². The number of ketones is 1. The molecule has 0 aromatic heterocycles. The first-order valence-corrected chi connectivity index (χ1v) is 5.28. The molecule has 0 aliphatic heterocycles. The largest absolute Gasteiger partial charge is 0.298 e. The second kappa shape index (κ2) is 3.80. The smallest absolute Gasteiger partial charge is 0.157 e. The average molecular weight is 242 g/mol. The Kier molecular flexibility index (Phi) is 3.32. The lowest BCUT2D eigenvalue weighted by Crippen LogP contribution is -2.50. The molecule has 0 N–H and O–H groups in total. The number of halogens is 3. The number of allylic oxidation sites excluding steroid dienone is 1. The number of carbonyl (C=O) groups is 1. The van der Waals surface area contributed by atoms with Crippen LogP contribution in [0.2, 0.25) is 0 Å². The van der Waals surface area contributed by atoms with Gasteiger partial charge in [0.05, 0.1) is 0 Å². The van der Waals surface area contributed by atoms with Gasteiger partial charge in [0.1, 0.15) is 9.21 Å². The number of carbonyl (C=O) groups excluding carboxylic acids is 1. The van der Waals surface area contributed by atoms with Crippen molar-refractivity contribution in [3.63, 3.8) is 0 Å². The van der Waals surface area contributed by atoms with E-state index in [2.05, 4.69) is 6.58 Å². The van der Waals surface area contributed by atoms with E-state index >= 15 is 0 Å². The van der Waals surface area contributed by atoms with Crippen LogP contribution in [0.1, 0.15) is 25.7 Å². The van der Waals surface area contributed by atoms with Crippen LogP contribution >= 0.6 is 34.8 Å². The van der Waals surface area contributed by atoms with E-state index in [4.69, 9.17) is 34.8 Å². The fraction of sp³-hybridized carbons (Fsp3) is 0.667. The van der Waals surface area contributed by atoms with Gasteiger partial charge in [0.2, 0.25) is 0 Å². The highest BCUT2D eigenvalue weighted by atomic mass is 35.5. The van der Waals surface area contributed by atoms with E-state index in [1.54, 1.807) is 6.08 Å². The molecular formula is C9H11Cl3O. The summed E-state index contributed by atoms with van der Waals surface area (Å²) in [6.07, 6.45) is 3.62. The van der Waals surface area contributed by atoms with Crippen molar-refractivity contribution in [3.05, 3.63) is 12.7 Å². The normalized spacial score (nSPS) is 33.0. The highest BCUT2D eigenvalue weighted by Crippen LogP contribution is 2.49. The summed E-state index contributed by atoms with van der Waals surface area (Å²) < 4.78 is -1.15. The zero-order chi connectivity index (χ0) is 10.1. The number of alkyl halides is 3. The second-order valence-electron chi connectivity index (χ2n) is 3.28. The zero-order valence-electron chi connectivity index (χ0n) is 7.16. The van der Waals surface area contributed by atoms with Crippen molar-refractivity contribution in [2.75, 3.05) is 0 Å². The number of hydrogen-bond acceptors (Lipinski definition) is 1. The molecule has 1 unspecified atom stereocenters. The topological polar surface area (TPSA) is 17.1 Å². The van der Waals surface area contributed by atoms with E-state index < -0.39 is 9.21 Å². The molecule has 1 atom stereocenters. The SMILES string of the molecule is C=CCC1(Cl)C(=O)CCCC1(Cl)Cl. The van der Waals surface area contributed by atoms with Gasteiger partial charge in [-0.25, -0.2) is 0 Å². The third-order valence-electron chi connectivity index (χ3n) is 2.34. The van der Waals surface area contributed by atoms with Crippen molar-refractivity contribution in [1.29, 1.82) is 0 Å². The van der Waals surface area contributed by atoms with Crippen LogP contribution in [-0.2, 0) is 4.79 Å². The standard InChI is InChI=1S/C9H11Cl3O/c1-2-5-8(10)7(13)4-3-6-9(8,11)12/h2H,1,3-6H2. The quantitative estimate of drug-likeness (QED) is 0.534. The van der Waals surface area contributed by atoms with Crippen molar-refractivity contribution in [1.82, 2.24) is 0 Å². The molecular weight excluding hydrogens is 230 g/mol. The van der Waals surface area contributed by atoms with E-state index in [1.807, 2.05) is 0 Å². The Bertz CT molecular complexity index is 237. The first-order valence-electron chi connectivity index (χ1n) is 4.15. The molecule has 0 heterocycles. The van der Waals surface area contributed by atoms with Crippen LogP contribution < -0.4 is 0 Å². The van der Waals surface area contributed by atoms with E-state index in [0.717, 1.165) is 0 Å². The molecule has 0 bridgehead atoms. The summed E-state index contributed by atoms with van der Waals surface area (Å²) in [6.45, 7) is 3.55. The summed E-state index contributed by atoms with van der Waals surface area (Å²) in [7, 11) is 0. The zero-order valence-corrected chi connectivity index (χ0v) is 9.42. The van der Waals surface area contributed by atoms with E-state index in [0.29, 0.717) is 25.7 Å². The predicted molar refractivity (Wildman–Crippen MR) is 56.7 cm³/mol. The second-order valence-corrected chi connectivity index (χ2v) is 5.40. The Morgan fingerprint density at radius 3 is 2.54 bits per heavy atom. The average Bonchev–Trinajstić information content (AvgIpc) is 2.01. The number of rotatable bonds is 2. The van der Waals surface area contributed by atoms with Crippen molar-refractivity contribution in [2.45, 2.75) is 34.9 Å². The van der Waals surface area contributed by atoms with Gasteiger partial charge >= 0.3 is 0 Å². The van der Waals surface area contributed by atoms with E-state index in [1.165, 1.54) is 0 Å². The molecule has 0 saturated heterocycles. The van der Waals surface area contributed by atoms with Gasteiger partial charge in [0, 0.05) is 6.42 Å². The molecule has 0 radical (unpaired) electrons. The van der Waals surface area contributed by atoms with Crippen LogP contribution in [0.25, 0.3) is 0 Å². The van der Waals surface area contributed by atoms with Gasteiger partial charge in [0.25, 0.3) is 0 Å². The molecule has 0 aromatic rings. The van der Waals surface area contributed by atoms with Gasteiger partial charge < -0.3 is 0 Å². The van der Waals surface area contributed by atoms with Crippen LogP contribution in [0, 0.1) is 0 Å². The summed E-state index contributed by atoms with van der Waals surface area (Å²) in [6, 6.07) is 0. The lowest BCUT2D eigenvalue weighted by molar-refractivity contribution is -0.123. The highest BCUT2D eigenvalue weighted by molar-refractivity contribution is 6.57. The Balaban J connectivity index is 2.97. The maximum Gasteiger partial charge on any atom is 0.157 e. The van der Waals surface area contributed by atoms with Gasteiger partial charge in [-0.3, -0.25) is 4.79 Å². The summed E-state index contributed by atoms with van der Waals surface area (Å²) in [5, 5.41) is 0. The third-order valence-corrected chi connectivity index (χ3v) is 4.25. The molecule has 1 aliphatic rings. The van der Waals surface area contributed by atoms with Crippen LogP contribution in [0.3, 0.4) is 0 Å². The molecule has 1 rings (SSSR count). The summed E-state index contributed by atoms with van der Waals surface area (Å²) in [5.74, 6) is -0.0784. The fourth-order valence-corrected chi connectivity index (χ4v) is 2.46. The molecule has 0 amide bonds. The van der Waals surface area contributed by atoms with Gasteiger partial charge in [0.15, 0.2) is 5.78 Å². The van der Waals surface area contributed by atoms with E-state index in [-0.39, 0.29) is 5.78 Å². The predicted octanol–water partition coefficient (Wildman–Crippen LogP) is 3.47. The van der Waals surface area contributed by atoms with Gasteiger partial charge in [-0.15, -0.1) is 18.2 Å². The van der Waals surface area contributed by atoms with E-state index in [9.17, 15) is 4.79 Å². The van der Waals surface area contributed by atoms with Crippen molar-refractivity contribution in [3.8, 4) is 0 Å². The minimum Gasteiger partial charge on any atom is -0.298 e. The van der Waals surface area contributed by atoms with Crippen molar-refractivity contribution >= 4 is 40.6 Å². The van der Waals surface area contributed by atoms with Crippen molar-refractivity contribution < 1.29 is 4.79 Å². The molecule has 1 aliphatic carbocycles. The number of hydrogen-bond donors (Lipinski definition) is 0. The molecule has 0 aromatic carbocycles. The Morgan fingerprint density at radius 2 is 2.08 bits per heavy atom. The summed E-state index contributed by atoms with van der Waals surface area (Å²) in [5.41, 5.74) is 0. The Morgan fingerprint density at radius 1 is 1.46 bits per heavy atom. The minimum atomic E-state index is -1.17. The molecule has 74 valence electrons. The van der Waals surface area contributed by atoms with Crippen LogP contribution in [0.4, 0.5) is 0 Å². The van der Waals surface area contributed by atoms with Gasteiger partial charge in [-0.2, -0.15) is 0 Å². The van der Waals surface area contributed by atoms with Crippen LogP contribution in [0.15, 0.2) is 12.7 Å². The minimum absolute atomic E-state index is 0.0784. The lowest BCUT2D eigenvalue weighted by Gasteiger charge is -2.39. The lowest BCUT2D eigenvalue weighted by atomic mass is 9.84. The maximum atomic E-state index is 11.6. The van der Waals surface area contributed by atoms with Crippen LogP contribution in [0.5, 0.6) is 0 Å². The molecule has 0 spiro atoms. The number of Topliss-reactive ketones (excluding diaryl/α,β-unsaturated/α-hetero) is 1. The fourth-order valence-electron chi connectivity index (χ4n) is 1.53. The maximum absolute atomic E-state index is 11.6. The monoisotopic (exact) mass is 240 g/mol. The van der Waals surface area contributed by atoms with Gasteiger partial charge in [-0.1, -0.05) is 29.3 Å². The summed E-state index contributed by atoms with van der Waals surface area (Å²) in [4.78, 5) is 10.4. The molecule has 13 heavy (non-hydrogen) atoms. The molecule has 1 fully saturated rings. The first kappa shape index (κ1) is 11.4. The molecule has 1 saturated carbocycles. The summed E-state index contributed by atoms with van der Waals surface area (Å²) >= 11 is 18.2. The van der Waals surface area contributed by atoms with Crippen molar-refractivity contribution in [2.24, 2.45) is 0 Å². The Labute approximate surface area is 93.0 Å².